The Labute approximate surface area is 156 Å². The van der Waals surface area contributed by atoms with E-state index < -0.39 is 5.97 Å². The van der Waals surface area contributed by atoms with Gasteiger partial charge in [-0.05, 0) is 56.7 Å². The maximum Gasteiger partial charge on any atom is 0.343 e. The van der Waals surface area contributed by atoms with E-state index in [1.165, 1.54) is 7.11 Å². The normalized spacial score (nSPS) is 15.6. The average Bonchev–Trinajstić information content (AvgIpc) is 3.03. The van der Waals surface area contributed by atoms with E-state index in [0.29, 0.717) is 16.4 Å². The first-order valence-corrected chi connectivity index (χ1v) is 8.45. The van der Waals surface area contributed by atoms with Crippen molar-refractivity contribution in [2.24, 2.45) is 4.99 Å². The highest BCUT2D eigenvalue weighted by atomic mass is 35.5. The lowest BCUT2D eigenvalue weighted by Gasteiger charge is -2.10. The molecular formula is C20H19ClN2O3. The van der Waals surface area contributed by atoms with E-state index in [4.69, 9.17) is 16.3 Å². The van der Waals surface area contributed by atoms with Crippen LogP contribution in [0.2, 0.25) is 5.02 Å². The summed E-state index contributed by atoms with van der Waals surface area (Å²) in [5.41, 5.74) is 4.72. The van der Waals surface area contributed by atoms with E-state index >= 15 is 0 Å². The van der Waals surface area contributed by atoms with Crippen molar-refractivity contribution in [1.82, 2.24) is 4.57 Å². The lowest BCUT2D eigenvalue weighted by Crippen LogP contribution is -2.11. The average molecular weight is 371 g/mol. The van der Waals surface area contributed by atoms with Crippen molar-refractivity contribution < 1.29 is 14.6 Å². The molecule has 0 aliphatic carbocycles. The second kappa shape index (κ2) is 6.84. The number of esters is 1. The Bertz CT molecular complexity index is 996. The van der Waals surface area contributed by atoms with Crippen LogP contribution in [-0.4, -0.2) is 28.5 Å². The summed E-state index contributed by atoms with van der Waals surface area (Å²) < 4.78 is 6.78. The van der Waals surface area contributed by atoms with Gasteiger partial charge in [0.15, 0.2) is 5.76 Å². The number of rotatable bonds is 3. The molecule has 1 aliphatic heterocycles. The van der Waals surface area contributed by atoms with E-state index in [1.807, 2.05) is 44.2 Å². The second-order valence-electron chi connectivity index (χ2n) is 6.08. The number of methoxy groups -OCH3 is 1. The Morgan fingerprint density at radius 3 is 2.65 bits per heavy atom. The molecule has 1 N–H and O–H groups in total. The van der Waals surface area contributed by atoms with Crippen molar-refractivity contribution in [3.05, 3.63) is 69.3 Å². The summed E-state index contributed by atoms with van der Waals surface area (Å²) in [7, 11) is 1.27. The number of aliphatic hydroxyl groups excluding tert-OH is 1. The highest BCUT2D eigenvalue weighted by molar-refractivity contribution is 6.30. The largest absolute Gasteiger partial charge is 0.505 e. The minimum Gasteiger partial charge on any atom is -0.505 e. The fourth-order valence-electron chi connectivity index (χ4n) is 3.13. The number of carbonyl (C=O) groups excluding carboxylic acids is 1. The van der Waals surface area contributed by atoms with Crippen LogP contribution in [0, 0.1) is 13.8 Å². The summed E-state index contributed by atoms with van der Waals surface area (Å²) in [6.45, 7) is 5.64. The summed E-state index contributed by atoms with van der Waals surface area (Å²) in [5, 5.41) is 11.0. The number of aliphatic imine (C=N–C) groups is 1. The van der Waals surface area contributed by atoms with E-state index in [0.717, 1.165) is 22.6 Å². The van der Waals surface area contributed by atoms with Crippen molar-refractivity contribution in [3.63, 3.8) is 0 Å². The number of aromatic nitrogens is 1. The summed E-state index contributed by atoms with van der Waals surface area (Å²) in [6, 6.07) is 9.60. The van der Waals surface area contributed by atoms with Gasteiger partial charge in [-0.1, -0.05) is 17.7 Å². The molecule has 0 bridgehead atoms. The van der Waals surface area contributed by atoms with Crippen molar-refractivity contribution in [2.45, 2.75) is 20.8 Å². The first-order valence-electron chi connectivity index (χ1n) is 8.07. The number of hydrogen-bond donors (Lipinski definition) is 1. The van der Waals surface area contributed by atoms with Gasteiger partial charge in [0.2, 0.25) is 0 Å². The molecule has 0 atom stereocenters. The van der Waals surface area contributed by atoms with Gasteiger partial charge < -0.3 is 14.4 Å². The second-order valence-corrected chi connectivity index (χ2v) is 6.52. The van der Waals surface area contributed by atoms with Gasteiger partial charge in [-0.2, -0.15) is 0 Å². The maximum absolute atomic E-state index is 11.8. The van der Waals surface area contributed by atoms with Gasteiger partial charge in [-0.15, -0.1) is 0 Å². The SMILES string of the molecule is COC(=O)C1=C(O)C(=Cc2cc(C)n(-c3cccc(Cl)c3)c2C)N=C1C. The van der Waals surface area contributed by atoms with Crippen LogP contribution in [0.15, 0.2) is 52.4 Å². The Morgan fingerprint density at radius 1 is 1.27 bits per heavy atom. The number of nitrogens with zero attached hydrogens (tertiary/aromatic N) is 2. The quantitative estimate of drug-likeness (QED) is 0.806. The van der Waals surface area contributed by atoms with E-state index in [9.17, 15) is 9.90 Å². The van der Waals surface area contributed by atoms with Gasteiger partial charge in [0, 0.05) is 22.1 Å². The predicted octanol–water partition coefficient (Wildman–Crippen LogP) is 4.55. The fraction of sp³-hybridized carbons (Fsp3) is 0.200. The van der Waals surface area contributed by atoms with Crippen molar-refractivity contribution >= 4 is 29.4 Å². The number of hydrogen-bond acceptors (Lipinski definition) is 4. The number of benzene rings is 1. The van der Waals surface area contributed by atoms with E-state index in [1.54, 1.807) is 13.0 Å². The Hall–Kier alpha value is -2.79. The molecule has 0 spiro atoms. The Morgan fingerprint density at radius 2 is 2.00 bits per heavy atom. The summed E-state index contributed by atoms with van der Waals surface area (Å²) >= 11 is 6.11. The van der Waals surface area contributed by atoms with Gasteiger partial charge in [0.25, 0.3) is 0 Å². The third-order valence-corrected chi connectivity index (χ3v) is 4.58. The molecule has 134 valence electrons. The van der Waals surface area contributed by atoms with Gasteiger partial charge in [0.05, 0.1) is 12.8 Å². The molecule has 2 heterocycles. The smallest absolute Gasteiger partial charge is 0.343 e. The molecule has 0 amide bonds. The summed E-state index contributed by atoms with van der Waals surface area (Å²) in [5.74, 6) is -0.765. The van der Waals surface area contributed by atoms with Crippen LogP contribution in [0.3, 0.4) is 0 Å². The molecule has 0 radical (unpaired) electrons. The number of carbonyl (C=O) groups is 1. The van der Waals surface area contributed by atoms with Crippen molar-refractivity contribution in [1.29, 1.82) is 0 Å². The zero-order valence-corrected chi connectivity index (χ0v) is 15.8. The molecule has 1 aromatic heterocycles. The minimum atomic E-state index is -0.600. The molecule has 0 unspecified atom stereocenters. The highest BCUT2D eigenvalue weighted by Gasteiger charge is 2.27. The molecule has 2 aromatic rings. The Kier molecular flexibility index (Phi) is 4.74. The molecule has 0 saturated heterocycles. The molecule has 1 aliphatic rings. The number of ether oxygens (including phenoxy) is 1. The molecule has 0 fully saturated rings. The zero-order chi connectivity index (χ0) is 19.0. The first kappa shape index (κ1) is 18.0. The highest BCUT2D eigenvalue weighted by Crippen LogP contribution is 2.29. The van der Waals surface area contributed by atoms with Crippen molar-refractivity contribution in [2.75, 3.05) is 7.11 Å². The van der Waals surface area contributed by atoms with Crippen LogP contribution >= 0.6 is 11.6 Å². The molecule has 5 nitrogen and oxygen atoms in total. The molecule has 26 heavy (non-hydrogen) atoms. The standard InChI is InChI=1S/C20H19ClN2O3/c1-11-8-14(13(3)23(11)16-7-5-6-15(21)10-16)9-17-19(24)18(12(2)22-17)20(25)26-4/h5-10,24H,1-4H3. The third-order valence-electron chi connectivity index (χ3n) is 4.35. The lowest BCUT2D eigenvalue weighted by atomic mass is 10.1. The van der Waals surface area contributed by atoms with Gasteiger partial charge in [-0.3, -0.25) is 0 Å². The number of aliphatic hydroxyl groups is 1. The lowest BCUT2D eigenvalue weighted by molar-refractivity contribution is -0.135. The van der Waals surface area contributed by atoms with Crippen molar-refractivity contribution in [3.8, 4) is 5.69 Å². The minimum absolute atomic E-state index is 0.0994. The van der Waals surface area contributed by atoms with Crippen LogP contribution < -0.4 is 0 Å². The van der Waals surface area contributed by atoms with Crippen LogP contribution in [0.5, 0.6) is 0 Å². The molecule has 6 heteroatoms. The van der Waals surface area contributed by atoms with E-state index in [2.05, 4.69) is 9.56 Å². The van der Waals surface area contributed by atoms with Crippen LogP contribution in [0.1, 0.15) is 23.9 Å². The molecular weight excluding hydrogens is 352 g/mol. The van der Waals surface area contributed by atoms with Crippen LogP contribution in [-0.2, 0) is 9.53 Å². The summed E-state index contributed by atoms with van der Waals surface area (Å²) in [6.07, 6.45) is 1.76. The molecule has 1 aromatic carbocycles. The first-order chi connectivity index (χ1) is 12.3. The fourth-order valence-corrected chi connectivity index (χ4v) is 3.31. The Balaban J connectivity index is 2.08. The van der Waals surface area contributed by atoms with Crippen LogP contribution in [0.4, 0.5) is 0 Å². The number of halogens is 1. The zero-order valence-electron chi connectivity index (χ0n) is 15.0. The van der Waals surface area contributed by atoms with E-state index in [-0.39, 0.29) is 11.3 Å². The summed E-state index contributed by atoms with van der Waals surface area (Å²) in [4.78, 5) is 16.1. The third kappa shape index (κ3) is 3.06. The maximum atomic E-state index is 11.8. The van der Waals surface area contributed by atoms with Gasteiger partial charge in [0.1, 0.15) is 11.3 Å². The van der Waals surface area contributed by atoms with Crippen LogP contribution in [0.25, 0.3) is 11.8 Å². The monoisotopic (exact) mass is 370 g/mol. The predicted molar refractivity (Wildman–Crippen MR) is 103 cm³/mol. The molecule has 3 rings (SSSR count). The van der Waals surface area contributed by atoms with Gasteiger partial charge in [-0.25, -0.2) is 9.79 Å². The number of aryl methyl sites for hydroxylation is 1. The molecule has 0 saturated carbocycles. The van der Waals surface area contributed by atoms with Gasteiger partial charge >= 0.3 is 5.97 Å². The topological polar surface area (TPSA) is 63.8 Å².